The van der Waals surface area contributed by atoms with Crippen molar-refractivity contribution in [2.75, 3.05) is 31.2 Å². The molecule has 0 unspecified atom stereocenters. The molecule has 23 heavy (non-hydrogen) atoms. The molecule has 1 aliphatic rings. The molecule has 0 spiro atoms. The Labute approximate surface area is 134 Å². The second-order valence-electron chi connectivity index (χ2n) is 4.87. The van der Waals surface area contributed by atoms with Gasteiger partial charge >= 0.3 is 0 Å². The van der Waals surface area contributed by atoms with Gasteiger partial charge in [0.15, 0.2) is 5.57 Å². The van der Waals surface area contributed by atoms with Gasteiger partial charge in [-0.2, -0.15) is 15.8 Å². The summed E-state index contributed by atoms with van der Waals surface area (Å²) in [6, 6.07) is 13.0. The average Bonchev–Trinajstić information content (AvgIpc) is 2.62. The molecule has 6 heteroatoms. The maximum absolute atomic E-state index is 9.18. The Hall–Kier alpha value is -3.27. The Morgan fingerprint density at radius 2 is 1.65 bits per heavy atom. The quantitative estimate of drug-likeness (QED) is 0.672. The van der Waals surface area contributed by atoms with E-state index in [4.69, 9.17) is 21.0 Å². The van der Waals surface area contributed by atoms with E-state index in [-0.39, 0.29) is 16.8 Å². The molecule has 0 atom stereocenters. The van der Waals surface area contributed by atoms with Crippen molar-refractivity contribution >= 4 is 11.8 Å². The van der Waals surface area contributed by atoms with Crippen LogP contribution in [0.1, 0.15) is 5.56 Å². The van der Waals surface area contributed by atoms with Gasteiger partial charge < -0.3 is 15.4 Å². The van der Waals surface area contributed by atoms with E-state index < -0.39 is 0 Å². The monoisotopic (exact) mass is 305 g/mol. The number of nitriles is 3. The highest BCUT2D eigenvalue weighted by Crippen LogP contribution is 2.19. The second-order valence-corrected chi connectivity index (χ2v) is 4.87. The van der Waals surface area contributed by atoms with Crippen LogP contribution in [-0.4, -0.2) is 26.3 Å². The topological polar surface area (TPSA) is 110 Å². The maximum atomic E-state index is 9.18. The minimum Gasteiger partial charge on any atom is -0.396 e. The van der Waals surface area contributed by atoms with Gasteiger partial charge in [-0.1, -0.05) is 12.1 Å². The molecule has 1 aromatic carbocycles. The minimum absolute atomic E-state index is 0.0993. The van der Waals surface area contributed by atoms with Crippen LogP contribution in [0.25, 0.3) is 6.08 Å². The van der Waals surface area contributed by atoms with Crippen LogP contribution in [0, 0.1) is 34.0 Å². The van der Waals surface area contributed by atoms with Crippen molar-refractivity contribution in [1.29, 1.82) is 15.8 Å². The third-order valence-electron chi connectivity index (χ3n) is 3.48. The molecule has 1 aliphatic heterocycles. The number of nitrogens with zero attached hydrogens (tertiary/aromatic N) is 4. The average molecular weight is 305 g/mol. The first-order valence-corrected chi connectivity index (χ1v) is 7.04. The summed E-state index contributed by atoms with van der Waals surface area (Å²) in [6.07, 6.45) is 1.56. The third-order valence-corrected chi connectivity index (χ3v) is 3.48. The molecule has 1 heterocycles. The number of ether oxygens (including phenoxy) is 1. The van der Waals surface area contributed by atoms with Gasteiger partial charge in [0, 0.05) is 18.8 Å². The Kier molecular flexibility index (Phi) is 5.36. The van der Waals surface area contributed by atoms with Crippen molar-refractivity contribution < 1.29 is 4.74 Å². The number of allylic oxidation sites excluding steroid dienone is 2. The number of hydrogen-bond acceptors (Lipinski definition) is 6. The van der Waals surface area contributed by atoms with Gasteiger partial charge in [0.05, 0.1) is 24.5 Å². The normalized spacial score (nSPS) is 14.3. The van der Waals surface area contributed by atoms with Crippen LogP contribution < -0.4 is 10.6 Å². The lowest BCUT2D eigenvalue weighted by molar-refractivity contribution is 0.122. The van der Waals surface area contributed by atoms with E-state index in [0.717, 1.165) is 24.3 Å². The lowest BCUT2D eigenvalue weighted by Crippen LogP contribution is -2.36. The molecule has 2 rings (SSSR count). The van der Waals surface area contributed by atoms with Crippen LogP contribution in [0.4, 0.5) is 5.69 Å². The molecular weight excluding hydrogens is 290 g/mol. The first-order valence-electron chi connectivity index (χ1n) is 7.04. The Morgan fingerprint density at radius 1 is 1.04 bits per heavy atom. The van der Waals surface area contributed by atoms with Gasteiger partial charge in [-0.15, -0.1) is 0 Å². The summed E-state index contributed by atoms with van der Waals surface area (Å²) >= 11 is 0. The highest BCUT2D eigenvalue weighted by atomic mass is 16.5. The van der Waals surface area contributed by atoms with Crippen molar-refractivity contribution in [3.63, 3.8) is 0 Å². The molecule has 1 aromatic rings. The Balaban J connectivity index is 2.25. The van der Waals surface area contributed by atoms with E-state index in [9.17, 15) is 5.26 Å². The lowest BCUT2D eigenvalue weighted by atomic mass is 10.1. The van der Waals surface area contributed by atoms with E-state index in [2.05, 4.69) is 4.90 Å². The summed E-state index contributed by atoms with van der Waals surface area (Å²) in [5, 5.41) is 26.8. The van der Waals surface area contributed by atoms with Crippen molar-refractivity contribution in [2.24, 2.45) is 5.73 Å². The fourth-order valence-electron chi connectivity index (χ4n) is 2.22. The number of benzene rings is 1. The Morgan fingerprint density at radius 3 is 2.17 bits per heavy atom. The van der Waals surface area contributed by atoms with Crippen LogP contribution in [0.5, 0.6) is 0 Å². The summed E-state index contributed by atoms with van der Waals surface area (Å²) in [4.78, 5) is 2.22. The molecule has 2 N–H and O–H groups in total. The van der Waals surface area contributed by atoms with Crippen LogP contribution in [0.3, 0.4) is 0 Å². The molecular formula is C17H15N5O. The van der Waals surface area contributed by atoms with Crippen LogP contribution in [-0.2, 0) is 4.74 Å². The fourth-order valence-corrected chi connectivity index (χ4v) is 2.22. The zero-order valence-corrected chi connectivity index (χ0v) is 12.5. The summed E-state index contributed by atoms with van der Waals surface area (Å²) < 4.78 is 5.32. The summed E-state index contributed by atoms with van der Waals surface area (Å²) in [6.45, 7) is 3.13. The largest absolute Gasteiger partial charge is 0.396 e. The van der Waals surface area contributed by atoms with Crippen LogP contribution in [0.2, 0.25) is 0 Å². The molecule has 114 valence electrons. The standard InChI is InChI=1S/C17H15N5O/c18-10-14(17(21)15(11-19)12-20)9-13-1-3-16(4-2-13)22-5-7-23-8-6-22/h1-4,9H,5-8,21H2/b14-9+. The number of morpholine rings is 1. The van der Waals surface area contributed by atoms with E-state index >= 15 is 0 Å². The molecule has 0 saturated carbocycles. The van der Waals surface area contributed by atoms with E-state index in [1.807, 2.05) is 30.3 Å². The molecule has 1 fully saturated rings. The van der Waals surface area contributed by atoms with Gasteiger partial charge in [-0.05, 0) is 23.8 Å². The minimum atomic E-state index is -0.261. The molecule has 6 nitrogen and oxygen atoms in total. The van der Waals surface area contributed by atoms with E-state index in [0.29, 0.717) is 13.2 Å². The number of anilines is 1. The molecule has 1 saturated heterocycles. The van der Waals surface area contributed by atoms with Gasteiger partial charge in [0.2, 0.25) is 0 Å². The van der Waals surface area contributed by atoms with Crippen molar-refractivity contribution in [2.45, 2.75) is 0 Å². The van der Waals surface area contributed by atoms with Crippen LogP contribution in [0.15, 0.2) is 41.1 Å². The van der Waals surface area contributed by atoms with Crippen LogP contribution >= 0.6 is 0 Å². The SMILES string of the molecule is N#CC(C#N)=C(N)/C(C#N)=C/c1ccc(N2CCOCC2)cc1. The van der Waals surface area contributed by atoms with Gasteiger partial charge in [-0.3, -0.25) is 0 Å². The Bertz CT molecular complexity index is 734. The number of nitrogens with two attached hydrogens (primary N) is 1. The van der Waals surface area contributed by atoms with Crippen molar-refractivity contribution in [3.05, 3.63) is 46.7 Å². The van der Waals surface area contributed by atoms with Crippen molar-refractivity contribution in [1.82, 2.24) is 0 Å². The lowest BCUT2D eigenvalue weighted by Gasteiger charge is -2.28. The number of rotatable bonds is 3. The molecule has 0 amide bonds. The predicted molar refractivity (Wildman–Crippen MR) is 85.5 cm³/mol. The fraction of sp³-hybridized carbons (Fsp3) is 0.235. The summed E-state index contributed by atoms with van der Waals surface area (Å²) in [5.41, 5.74) is 7.31. The molecule has 0 radical (unpaired) electrons. The van der Waals surface area contributed by atoms with Gasteiger partial charge in [0.25, 0.3) is 0 Å². The molecule has 0 aromatic heterocycles. The van der Waals surface area contributed by atoms with Crippen molar-refractivity contribution in [3.8, 4) is 18.2 Å². The predicted octanol–water partition coefficient (Wildman–Crippen LogP) is 1.69. The molecule has 0 aliphatic carbocycles. The summed E-state index contributed by atoms with van der Waals surface area (Å²) in [7, 11) is 0. The highest BCUT2D eigenvalue weighted by Gasteiger charge is 2.11. The zero-order chi connectivity index (χ0) is 16.7. The molecule has 0 bridgehead atoms. The first kappa shape index (κ1) is 16.1. The number of hydrogen-bond donors (Lipinski definition) is 1. The van der Waals surface area contributed by atoms with Gasteiger partial charge in [0.1, 0.15) is 18.2 Å². The third kappa shape index (κ3) is 3.89. The smallest absolute Gasteiger partial charge is 0.153 e. The second kappa shape index (κ2) is 7.66. The van der Waals surface area contributed by atoms with Gasteiger partial charge in [-0.25, -0.2) is 0 Å². The highest BCUT2D eigenvalue weighted by molar-refractivity contribution is 5.67. The van der Waals surface area contributed by atoms with E-state index in [1.165, 1.54) is 0 Å². The zero-order valence-electron chi connectivity index (χ0n) is 12.5. The first-order chi connectivity index (χ1) is 11.2. The maximum Gasteiger partial charge on any atom is 0.153 e. The van der Waals surface area contributed by atoms with E-state index in [1.54, 1.807) is 18.2 Å². The summed E-state index contributed by atoms with van der Waals surface area (Å²) in [5.74, 6) is 0.